The van der Waals surface area contributed by atoms with Gasteiger partial charge in [-0.25, -0.2) is 4.98 Å². The maximum Gasteiger partial charge on any atom is 0.305 e. The Labute approximate surface area is 113 Å². The van der Waals surface area contributed by atoms with Crippen molar-refractivity contribution in [1.29, 1.82) is 0 Å². The van der Waals surface area contributed by atoms with Crippen molar-refractivity contribution in [3.8, 4) is 0 Å². The first kappa shape index (κ1) is 15.0. The van der Waals surface area contributed by atoms with Crippen molar-refractivity contribution in [2.75, 3.05) is 12.4 Å². The van der Waals surface area contributed by atoms with Crippen LogP contribution in [0.15, 0.2) is 5.38 Å². The molecule has 1 N–H and O–H groups in total. The molecule has 0 fully saturated rings. The molecule has 1 aromatic heterocycles. The SMILES string of the molecule is CCC(C)(CC)Nc1nc(CCC(=O)OC)cs1. The highest BCUT2D eigenvalue weighted by molar-refractivity contribution is 7.13. The van der Waals surface area contributed by atoms with Gasteiger partial charge in [0.25, 0.3) is 0 Å². The number of hydrogen-bond donors (Lipinski definition) is 1. The molecule has 0 amide bonds. The van der Waals surface area contributed by atoms with Crippen molar-refractivity contribution in [1.82, 2.24) is 4.98 Å². The number of carbonyl (C=O) groups is 1. The summed E-state index contributed by atoms with van der Waals surface area (Å²) in [7, 11) is 1.41. The quantitative estimate of drug-likeness (QED) is 0.773. The van der Waals surface area contributed by atoms with E-state index in [4.69, 9.17) is 0 Å². The van der Waals surface area contributed by atoms with Gasteiger partial charge in [-0.05, 0) is 19.8 Å². The standard InChI is InChI=1S/C13H22N2O2S/c1-5-13(3,6-2)15-12-14-10(9-18-12)7-8-11(16)17-4/h9H,5-8H2,1-4H3,(H,14,15). The van der Waals surface area contributed by atoms with Gasteiger partial charge in [0.15, 0.2) is 5.13 Å². The van der Waals surface area contributed by atoms with E-state index in [1.54, 1.807) is 11.3 Å². The molecule has 0 bridgehead atoms. The fourth-order valence-corrected chi connectivity index (χ4v) is 2.39. The number of ether oxygens (including phenoxy) is 1. The van der Waals surface area contributed by atoms with Crippen molar-refractivity contribution < 1.29 is 9.53 Å². The first-order valence-corrected chi connectivity index (χ1v) is 7.20. The van der Waals surface area contributed by atoms with Crippen molar-refractivity contribution in [3.63, 3.8) is 0 Å². The average molecular weight is 270 g/mol. The van der Waals surface area contributed by atoms with Crippen molar-refractivity contribution >= 4 is 22.4 Å². The van der Waals surface area contributed by atoms with E-state index in [0.717, 1.165) is 23.7 Å². The minimum Gasteiger partial charge on any atom is -0.469 e. The van der Waals surface area contributed by atoms with Crippen LogP contribution in [0.3, 0.4) is 0 Å². The molecule has 18 heavy (non-hydrogen) atoms. The van der Waals surface area contributed by atoms with E-state index >= 15 is 0 Å². The van der Waals surface area contributed by atoms with Crippen LogP contribution in [0.1, 0.15) is 45.7 Å². The average Bonchev–Trinajstić information content (AvgIpc) is 2.83. The Kier molecular flexibility index (Phi) is 5.59. The molecule has 1 aromatic rings. The summed E-state index contributed by atoms with van der Waals surface area (Å²) in [5, 5.41) is 6.40. The minimum absolute atomic E-state index is 0.0947. The number of anilines is 1. The van der Waals surface area contributed by atoms with Crippen LogP contribution in [0.25, 0.3) is 0 Å². The molecule has 0 radical (unpaired) electrons. The number of rotatable bonds is 7. The van der Waals surface area contributed by atoms with Crippen LogP contribution in [-0.2, 0) is 16.0 Å². The van der Waals surface area contributed by atoms with E-state index in [-0.39, 0.29) is 11.5 Å². The highest BCUT2D eigenvalue weighted by atomic mass is 32.1. The van der Waals surface area contributed by atoms with Gasteiger partial charge in [-0.2, -0.15) is 0 Å². The molecule has 0 unspecified atom stereocenters. The monoisotopic (exact) mass is 270 g/mol. The first-order valence-electron chi connectivity index (χ1n) is 6.32. The number of methoxy groups -OCH3 is 1. The third kappa shape index (κ3) is 4.29. The smallest absolute Gasteiger partial charge is 0.305 e. The van der Waals surface area contributed by atoms with Crippen LogP contribution in [-0.4, -0.2) is 23.6 Å². The van der Waals surface area contributed by atoms with Gasteiger partial charge in [0.2, 0.25) is 0 Å². The normalized spacial score (nSPS) is 11.3. The van der Waals surface area contributed by atoms with E-state index in [0.29, 0.717) is 12.8 Å². The topological polar surface area (TPSA) is 51.2 Å². The Balaban J connectivity index is 2.55. The Hall–Kier alpha value is -1.10. The number of carbonyl (C=O) groups excluding carboxylic acids is 1. The van der Waals surface area contributed by atoms with Gasteiger partial charge in [0.05, 0.1) is 19.2 Å². The van der Waals surface area contributed by atoms with Crippen LogP contribution < -0.4 is 5.32 Å². The van der Waals surface area contributed by atoms with E-state index in [9.17, 15) is 4.79 Å². The van der Waals surface area contributed by atoms with Gasteiger partial charge in [0, 0.05) is 17.3 Å². The van der Waals surface area contributed by atoms with E-state index in [1.165, 1.54) is 7.11 Å². The maximum atomic E-state index is 11.1. The van der Waals surface area contributed by atoms with Crippen LogP contribution in [0, 0.1) is 0 Å². The molecule has 0 aliphatic heterocycles. The second-order valence-corrected chi connectivity index (χ2v) is 5.47. The summed E-state index contributed by atoms with van der Waals surface area (Å²) in [6.07, 6.45) is 3.14. The van der Waals surface area contributed by atoms with E-state index < -0.39 is 0 Å². The van der Waals surface area contributed by atoms with Crippen LogP contribution in [0.5, 0.6) is 0 Å². The van der Waals surface area contributed by atoms with Crippen LogP contribution in [0.4, 0.5) is 5.13 Å². The Morgan fingerprint density at radius 3 is 2.72 bits per heavy atom. The highest BCUT2D eigenvalue weighted by Crippen LogP contribution is 2.24. The fourth-order valence-electron chi connectivity index (χ4n) is 1.50. The predicted octanol–water partition coefficient (Wildman–Crippen LogP) is 3.24. The van der Waals surface area contributed by atoms with Crippen LogP contribution in [0.2, 0.25) is 0 Å². The lowest BCUT2D eigenvalue weighted by atomic mass is 9.96. The molecule has 0 saturated carbocycles. The molecule has 0 saturated heterocycles. The molecule has 0 aliphatic rings. The van der Waals surface area contributed by atoms with Crippen molar-refractivity contribution in [2.24, 2.45) is 0 Å². The fraction of sp³-hybridized carbons (Fsp3) is 0.692. The number of aryl methyl sites for hydroxylation is 1. The Morgan fingerprint density at radius 1 is 1.50 bits per heavy atom. The third-order valence-electron chi connectivity index (χ3n) is 3.33. The lowest BCUT2D eigenvalue weighted by molar-refractivity contribution is -0.140. The number of nitrogens with one attached hydrogen (secondary N) is 1. The summed E-state index contributed by atoms with van der Waals surface area (Å²) >= 11 is 1.59. The molecule has 0 aromatic carbocycles. The number of thiazole rings is 1. The molecule has 4 nitrogen and oxygen atoms in total. The Bertz CT molecular complexity index is 386. The van der Waals surface area contributed by atoms with Crippen molar-refractivity contribution in [2.45, 2.75) is 52.0 Å². The van der Waals surface area contributed by atoms with Gasteiger partial charge in [0.1, 0.15) is 0 Å². The number of esters is 1. The minimum atomic E-state index is -0.190. The van der Waals surface area contributed by atoms with Crippen molar-refractivity contribution in [3.05, 3.63) is 11.1 Å². The second-order valence-electron chi connectivity index (χ2n) is 4.61. The molecule has 1 rings (SSSR count). The van der Waals surface area contributed by atoms with Gasteiger partial charge in [-0.15, -0.1) is 11.3 Å². The predicted molar refractivity (Wildman–Crippen MR) is 75.1 cm³/mol. The van der Waals surface area contributed by atoms with E-state index in [2.05, 4.69) is 35.8 Å². The zero-order chi connectivity index (χ0) is 13.6. The number of aromatic nitrogens is 1. The largest absolute Gasteiger partial charge is 0.469 e. The van der Waals surface area contributed by atoms with Gasteiger partial charge in [-0.3, -0.25) is 4.79 Å². The van der Waals surface area contributed by atoms with Gasteiger partial charge in [-0.1, -0.05) is 13.8 Å². The maximum absolute atomic E-state index is 11.1. The third-order valence-corrected chi connectivity index (χ3v) is 4.14. The molecule has 0 spiro atoms. The molecule has 0 atom stereocenters. The molecular weight excluding hydrogens is 248 g/mol. The van der Waals surface area contributed by atoms with Gasteiger partial charge < -0.3 is 10.1 Å². The summed E-state index contributed by atoms with van der Waals surface area (Å²) in [4.78, 5) is 15.5. The summed E-state index contributed by atoms with van der Waals surface area (Å²) < 4.78 is 4.62. The Morgan fingerprint density at radius 2 is 2.17 bits per heavy atom. The second kappa shape index (κ2) is 6.73. The lowest BCUT2D eigenvalue weighted by Gasteiger charge is -2.27. The number of hydrogen-bond acceptors (Lipinski definition) is 5. The van der Waals surface area contributed by atoms with Gasteiger partial charge >= 0.3 is 5.97 Å². The molecular formula is C13H22N2O2S. The molecule has 5 heteroatoms. The summed E-state index contributed by atoms with van der Waals surface area (Å²) in [5.41, 5.74) is 1.04. The molecule has 1 heterocycles. The van der Waals surface area contributed by atoms with Crippen LogP contribution >= 0.6 is 11.3 Å². The highest BCUT2D eigenvalue weighted by Gasteiger charge is 2.20. The number of nitrogens with zero attached hydrogens (tertiary/aromatic N) is 1. The summed E-state index contributed by atoms with van der Waals surface area (Å²) in [6, 6.07) is 0. The molecule has 0 aliphatic carbocycles. The summed E-state index contributed by atoms with van der Waals surface area (Å²) in [6.45, 7) is 6.53. The molecule has 102 valence electrons. The first-order chi connectivity index (χ1) is 8.53. The lowest BCUT2D eigenvalue weighted by Crippen LogP contribution is -2.32. The van der Waals surface area contributed by atoms with E-state index in [1.807, 2.05) is 5.38 Å². The summed E-state index contributed by atoms with van der Waals surface area (Å²) in [5.74, 6) is -0.190. The zero-order valence-corrected chi connectivity index (χ0v) is 12.4. The zero-order valence-electron chi connectivity index (χ0n) is 11.6.